The molecule has 3 nitrogen and oxygen atoms in total. The third kappa shape index (κ3) is 2.59. The van der Waals surface area contributed by atoms with Gasteiger partial charge in [0.2, 0.25) is 0 Å². The topological polar surface area (TPSA) is 29.5 Å². The normalized spacial score (nSPS) is 30.7. The Morgan fingerprint density at radius 2 is 2.29 bits per heavy atom. The summed E-state index contributed by atoms with van der Waals surface area (Å²) in [6.07, 6.45) is 8.45. The van der Waals surface area contributed by atoms with Crippen LogP contribution in [0, 0.1) is 5.92 Å². The molecule has 1 aliphatic carbocycles. The Bertz CT molecular complexity index is 306. The summed E-state index contributed by atoms with van der Waals surface area (Å²) in [6, 6.07) is 0.524. The van der Waals surface area contributed by atoms with Gasteiger partial charge in [-0.15, -0.1) is 11.6 Å². The Balaban J connectivity index is 2.09. The van der Waals surface area contributed by atoms with Gasteiger partial charge in [-0.25, -0.2) is 4.79 Å². The zero-order chi connectivity index (χ0) is 12.3. The first-order valence-electron chi connectivity index (χ1n) is 6.47. The van der Waals surface area contributed by atoms with E-state index in [0.717, 1.165) is 19.3 Å². The number of carbonyl (C=O) groups excluding carboxylic acids is 1. The van der Waals surface area contributed by atoms with Crippen molar-refractivity contribution >= 4 is 17.7 Å². The number of fused-ring (bicyclic) bond motifs is 2. The minimum absolute atomic E-state index is 0.161. The van der Waals surface area contributed by atoms with E-state index in [1.807, 2.05) is 11.8 Å². The number of amides is 1. The van der Waals surface area contributed by atoms with Gasteiger partial charge in [0.25, 0.3) is 0 Å². The minimum Gasteiger partial charge on any atom is -0.450 e. The van der Waals surface area contributed by atoms with Crippen molar-refractivity contribution in [3.63, 3.8) is 0 Å². The second-order valence-electron chi connectivity index (χ2n) is 4.70. The lowest BCUT2D eigenvalue weighted by Crippen LogP contribution is -2.55. The molecule has 96 valence electrons. The van der Waals surface area contributed by atoms with Crippen molar-refractivity contribution in [3.05, 3.63) is 12.2 Å². The molecule has 3 atom stereocenters. The summed E-state index contributed by atoms with van der Waals surface area (Å²) in [5, 5.41) is 0. The van der Waals surface area contributed by atoms with Crippen LogP contribution in [0.25, 0.3) is 0 Å². The molecule has 1 saturated heterocycles. The highest BCUT2D eigenvalue weighted by atomic mass is 35.5. The summed E-state index contributed by atoms with van der Waals surface area (Å²) < 4.78 is 5.16. The molecule has 0 unspecified atom stereocenters. The van der Waals surface area contributed by atoms with Gasteiger partial charge in [-0.3, -0.25) is 4.90 Å². The average Bonchev–Trinajstić information content (AvgIpc) is 2.37. The van der Waals surface area contributed by atoms with Crippen LogP contribution in [0.4, 0.5) is 4.79 Å². The molecule has 17 heavy (non-hydrogen) atoms. The number of piperidine rings is 1. The standard InChI is InChI=1S/C13H20ClNO2/c1-2-17-13(16)15-11-7-5-10(6-8-11)12(15)4-3-9-14/h5,7,10-12H,2-4,6,8-9H2,1H3/t10-,11+,12+/m1/s1. The first-order chi connectivity index (χ1) is 8.27. The largest absolute Gasteiger partial charge is 0.450 e. The van der Waals surface area contributed by atoms with Gasteiger partial charge in [0.15, 0.2) is 0 Å². The van der Waals surface area contributed by atoms with E-state index >= 15 is 0 Å². The number of carbonyl (C=O) groups is 1. The lowest BCUT2D eigenvalue weighted by Gasteiger charge is -2.47. The van der Waals surface area contributed by atoms with Gasteiger partial charge in [0.1, 0.15) is 0 Å². The molecule has 0 radical (unpaired) electrons. The number of hydrogen-bond acceptors (Lipinski definition) is 2. The summed E-state index contributed by atoms with van der Waals surface area (Å²) >= 11 is 5.76. The molecular weight excluding hydrogens is 238 g/mol. The molecule has 2 aliphatic heterocycles. The summed E-state index contributed by atoms with van der Waals surface area (Å²) in [6.45, 7) is 2.29. The van der Waals surface area contributed by atoms with Crippen molar-refractivity contribution in [1.29, 1.82) is 0 Å². The number of hydrogen-bond donors (Lipinski definition) is 0. The van der Waals surface area contributed by atoms with Gasteiger partial charge < -0.3 is 4.74 Å². The third-order valence-corrected chi connectivity index (χ3v) is 3.96. The van der Waals surface area contributed by atoms with E-state index < -0.39 is 0 Å². The molecule has 2 heterocycles. The van der Waals surface area contributed by atoms with Gasteiger partial charge in [-0.05, 0) is 38.5 Å². The zero-order valence-corrected chi connectivity index (χ0v) is 11.0. The SMILES string of the molecule is CCOC(=O)N1[C@H]2C=C[C@H](CC2)[C@@H]1CCCCl. The molecule has 0 N–H and O–H groups in total. The third-order valence-electron chi connectivity index (χ3n) is 3.70. The number of rotatable bonds is 4. The van der Waals surface area contributed by atoms with Gasteiger partial charge in [-0.2, -0.15) is 0 Å². The van der Waals surface area contributed by atoms with Crippen molar-refractivity contribution in [2.45, 2.75) is 44.7 Å². The number of halogens is 1. The van der Waals surface area contributed by atoms with E-state index in [1.165, 1.54) is 6.42 Å². The van der Waals surface area contributed by atoms with Crippen LogP contribution in [0.1, 0.15) is 32.6 Å². The van der Waals surface area contributed by atoms with Crippen LogP contribution in [-0.2, 0) is 4.74 Å². The second kappa shape index (κ2) is 5.76. The van der Waals surface area contributed by atoms with E-state index in [0.29, 0.717) is 18.4 Å². The Hall–Kier alpha value is -0.700. The van der Waals surface area contributed by atoms with E-state index in [2.05, 4.69) is 12.2 Å². The van der Waals surface area contributed by atoms with Crippen LogP contribution in [-0.4, -0.2) is 35.6 Å². The lowest BCUT2D eigenvalue weighted by molar-refractivity contribution is 0.0362. The minimum atomic E-state index is -0.161. The first kappa shape index (κ1) is 12.7. The molecule has 1 fully saturated rings. The maximum absolute atomic E-state index is 12.0. The summed E-state index contributed by atoms with van der Waals surface area (Å²) in [7, 11) is 0. The van der Waals surface area contributed by atoms with Crippen LogP contribution in [0.2, 0.25) is 0 Å². The van der Waals surface area contributed by atoms with Gasteiger partial charge in [0.05, 0.1) is 12.6 Å². The Kier molecular flexibility index (Phi) is 4.32. The van der Waals surface area contributed by atoms with Crippen molar-refractivity contribution in [2.75, 3.05) is 12.5 Å². The molecule has 0 aromatic heterocycles. The Morgan fingerprint density at radius 1 is 1.47 bits per heavy atom. The number of nitrogens with zero attached hydrogens (tertiary/aromatic N) is 1. The second-order valence-corrected chi connectivity index (χ2v) is 5.08. The summed E-state index contributed by atoms with van der Waals surface area (Å²) in [5.74, 6) is 1.15. The number of alkyl halides is 1. The smallest absolute Gasteiger partial charge is 0.410 e. The molecule has 3 aliphatic rings. The highest BCUT2D eigenvalue weighted by molar-refractivity contribution is 6.17. The van der Waals surface area contributed by atoms with Crippen molar-refractivity contribution < 1.29 is 9.53 Å². The molecule has 2 bridgehead atoms. The fourth-order valence-corrected chi connectivity index (χ4v) is 3.09. The van der Waals surface area contributed by atoms with Crippen LogP contribution in [0.15, 0.2) is 12.2 Å². The molecule has 4 heteroatoms. The van der Waals surface area contributed by atoms with Crippen molar-refractivity contribution in [3.8, 4) is 0 Å². The molecule has 0 aromatic rings. The molecular formula is C13H20ClNO2. The summed E-state index contributed by atoms with van der Waals surface area (Å²) in [5.41, 5.74) is 0. The fraction of sp³-hybridized carbons (Fsp3) is 0.769. The van der Waals surface area contributed by atoms with E-state index in [4.69, 9.17) is 16.3 Å². The zero-order valence-electron chi connectivity index (χ0n) is 10.3. The molecule has 0 aromatic carbocycles. The van der Waals surface area contributed by atoms with Crippen molar-refractivity contribution in [1.82, 2.24) is 4.90 Å². The van der Waals surface area contributed by atoms with Gasteiger partial charge in [0, 0.05) is 11.9 Å². The van der Waals surface area contributed by atoms with Gasteiger partial charge in [-0.1, -0.05) is 12.2 Å². The lowest BCUT2D eigenvalue weighted by atomic mass is 9.78. The Labute approximate surface area is 108 Å². The molecule has 0 spiro atoms. The van der Waals surface area contributed by atoms with Gasteiger partial charge >= 0.3 is 6.09 Å². The van der Waals surface area contributed by atoms with Crippen molar-refractivity contribution in [2.24, 2.45) is 5.92 Å². The van der Waals surface area contributed by atoms with Crippen LogP contribution >= 0.6 is 11.6 Å². The number of ether oxygens (including phenoxy) is 1. The van der Waals surface area contributed by atoms with E-state index in [-0.39, 0.29) is 18.2 Å². The molecule has 0 saturated carbocycles. The van der Waals surface area contributed by atoms with Crippen LogP contribution < -0.4 is 0 Å². The highest BCUT2D eigenvalue weighted by Gasteiger charge is 2.41. The maximum Gasteiger partial charge on any atom is 0.410 e. The predicted molar refractivity (Wildman–Crippen MR) is 68.3 cm³/mol. The van der Waals surface area contributed by atoms with E-state index in [1.54, 1.807) is 0 Å². The fourth-order valence-electron chi connectivity index (χ4n) is 2.94. The quantitative estimate of drug-likeness (QED) is 0.572. The maximum atomic E-state index is 12.0. The first-order valence-corrected chi connectivity index (χ1v) is 7.00. The summed E-state index contributed by atoms with van der Waals surface area (Å²) in [4.78, 5) is 13.9. The van der Waals surface area contributed by atoms with Crippen LogP contribution in [0.5, 0.6) is 0 Å². The monoisotopic (exact) mass is 257 g/mol. The van der Waals surface area contributed by atoms with Crippen LogP contribution in [0.3, 0.4) is 0 Å². The molecule has 1 amide bonds. The Morgan fingerprint density at radius 3 is 2.88 bits per heavy atom. The highest BCUT2D eigenvalue weighted by Crippen LogP contribution is 2.37. The predicted octanol–water partition coefficient (Wildman–Crippen LogP) is 3.18. The van der Waals surface area contributed by atoms with E-state index in [9.17, 15) is 4.79 Å². The molecule has 3 rings (SSSR count). The average molecular weight is 258 g/mol.